The fourth-order valence-corrected chi connectivity index (χ4v) is 4.72. The number of pyridine rings is 1. The zero-order valence-electron chi connectivity index (χ0n) is 23.1. The van der Waals surface area contributed by atoms with Crippen LogP contribution in [-0.4, -0.2) is 72.1 Å². The van der Waals surface area contributed by atoms with Gasteiger partial charge in [0.25, 0.3) is 5.91 Å². The van der Waals surface area contributed by atoms with Crippen molar-refractivity contribution in [1.82, 2.24) is 39.4 Å². The molecule has 0 aliphatic carbocycles. The minimum absolute atomic E-state index is 0.0785. The maximum atomic E-state index is 14.6. The monoisotopic (exact) mass is 570 g/mol. The van der Waals surface area contributed by atoms with Gasteiger partial charge in [0, 0.05) is 24.4 Å². The molecule has 1 saturated heterocycles. The lowest BCUT2D eigenvalue weighted by atomic mass is 10.1. The molecule has 0 bridgehead atoms. The van der Waals surface area contributed by atoms with Gasteiger partial charge in [-0.3, -0.25) is 15.0 Å². The summed E-state index contributed by atoms with van der Waals surface area (Å²) in [6.45, 7) is 2.76. The van der Waals surface area contributed by atoms with Crippen molar-refractivity contribution < 1.29 is 18.7 Å². The van der Waals surface area contributed by atoms with E-state index >= 15 is 0 Å². The largest absolute Gasteiger partial charge is 0.494 e. The Bertz CT molecular complexity index is 1830. The number of likely N-dealkylation sites (tertiary alicyclic amines) is 1. The predicted octanol–water partition coefficient (Wildman–Crippen LogP) is 4.20. The molecule has 1 atom stereocenters. The van der Waals surface area contributed by atoms with Gasteiger partial charge in [-0.05, 0) is 57.1 Å². The highest BCUT2D eigenvalue weighted by Crippen LogP contribution is 2.37. The first-order valence-electron chi connectivity index (χ1n) is 13.2. The number of carbonyl (C=O) groups excluding carboxylic acids is 1. The van der Waals surface area contributed by atoms with E-state index in [0.717, 1.165) is 24.9 Å². The second kappa shape index (κ2) is 11.3. The summed E-state index contributed by atoms with van der Waals surface area (Å²) in [6.07, 6.45) is 9.11. The van der Waals surface area contributed by atoms with Crippen molar-refractivity contribution >= 4 is 40.0 Å². The molecule has 0 saturated carbocycles. The quantitative estimate of drug-likeness (QED) is 0.259. The molecule has 5 aromatic rings. The molecule has 214 valence electrons. The fourth-order valence-electron chi connectivity index (χ4n) is 4.72. The van der Waals surface area contributed by atoms with Gasteiger partial charge < -0.3 is 14.8 Å². The molecule has 1 fully saturated rings. The Labute approximate surface area is 239 Å². The van der Waals surface area contributed by atoms with E-state index in [2.05, 4.69) is 40.7 Å². The van der Waals surface area contributed by atoms with Gasteiger partial charge in [-0.25, -0.2) is 33.8 Å². The average molecular weight is 571 g/mol. The summed E-state index contributed by atoms with van der Waals surface area (Å²) in [4.78, 5) is 35.8. The number of benzene rings is 1. The van der Waals surface area contributed by atoms with Crippen molar-refractivity contribution in [1.29, 1.82) is 0 Å². The van der Waals surface area contributed by atoms with Gasteiger partial charge in [0.15, 0.2) is 17.3 Å². The van der Waals surface area contributed by atoms with E-state index in [1.807, 2.05) is 24.9 Å². The van der Waals surface area contributed by atoms with E-state index in [0.29, 0.717) is 45.4 Å². The lowest BCUT2D eigenvalue weighted by molar-refractivity contribution is -0.114. The van der Waals surface area contributed by atoms with Crippen LogP contribution in [0.2, 0.25) is 0 Å². The number of aryl methyl sites for hydroxylation is 1. The summed E-state index contributed by atoms with van der Waals surface area (Å²) in [5, 5.41) is 9.75. The van der Waals surface area contributed by atoms with Crippen LogP contribution in [0.25, 0.3) is 16.7 Å². The van der Waals surface area contributed by atoms with Crippen LogP contribution < -0.4 is 20.1 Å². The van der Waals surface area contributed by atoms with Gasteiger partial charge in [0.05, 0.1) is 19.0 Å². The van der Waals surface area contributed by atoms with Gasteiger partial charge in [-0.15, -0.1) is 0 Å². The minimum Gasteiger partial charge on any atom is -0.494 e. The molecule has 14 heteroatoms. The standard InChI is InChI=1S/C28H27FN10O3/c1-16-9-20(23(41-3)12-22(16)42-18-6-8-39-24(11-18)32-15-34-39)35-26-25-21(31-14-33-26)13-30-28(36-25)37-27(40)19(29)10-17-5-4-7-38(17)2/h6,8-15,17H,4-5,7H2,1-3H3,(H,31,33,35)(H,30,36,37,40)/b19-10+. The summed E-state index contributed by atoms with van der Waals surface area (Å²) in [5.41, 5.74) is 2.81. The molecule has 1 aliphatic rings. The summed E-state index contributed by atoms with van der Waals surface area (Å²) in [7, 11) is 3.44. The van der Waals surface area contributed by atoms with Gasteiger partial charge in [0.1, 0.15) is 40.9 Å². The number of fused-ring (bicyclic) bond motifs is 2. The first-order valence-corrected chi connectivity index (χ1v) is 13.2. The maximum Gasteiger partial charge on any atom is 0.286 e. The number of carbonyl (C=O) groups is 1. The number of methoxy groups -OCH3 is 1. The summed E-state index contributed by atoms with van der Waals surface area (Å²) < 4.78 is 28.0. The van der Waals surface area contributed by atoms with Gasteiger partial charge in [-0.1, -0.05) is 0 Å². The van der Waals surface area contributed by atoms with Crippen LogP contribution >= 0.6 is 0 Å². The molecule has 6 rings (SSSR count). The Hall–Kier alpha value is -5.24. The zero-order chi connectivity index (χ0) is 29.2. The van der Waals surface area contributed by atoms with E-state index in [9.17, 15) is 9.18 Å². The Balaban J connectivity index is 1.24. The third-order valence-corrected chi connectivity index (χ3v) is 6.97. The number of likely N-dealkylation sites (N-methyl/N-ethyl adjacent to an activating group) is 1. The average Bonchev–Trinajstić information content (AvgIpc) is 3.62. The van der Waals surface area contributed by atoms with Crippen LogP contribution in [0.1, 0.15) is 18.4 Å². The Morgan fingerprint density at radius 1 is 1.14 bits per heavy atom. The van der Waals surface area contributed by atoms with E-state index in [-0.39, 0.29) is 12.0 Å². The summed E-state index contributed by atoms with van der Waals surface area (Å²) in [6, 6.07) is 7.06. The molecule has 0 spiro atoms. The predicted molar refractivity (Wildman–Crippen MR) is 153 cm³/mol. The SMILES string of the molecule is COc1cc(Oc2ccn3ncnc3c2)c(C)cc1Nc1ncnc2cnc(NC(=O)/C(F)=C\C3CCCN3C)nc12. The van der Waals surface area contributed by atoms with Crippen molar-refractivity contribution in [3.63, 3.8) is 0 Å². The number of anilines is 3. The lowest BCUT2D eigenvalue weighted by Crippen LogP contribution is -2.24. The van der Waals surface area contributed by atoms with Crippen molar-refractivity contribution in [3.8, 4) is 17.2 Å². The van der Waals surface area contributed by atoms with Crippen LogP contribution in [0.5, 0.6) is 17.2 Å². The number of halogens is 1. The zero-order valence-corrected chi connectivity index (χ0v) is 23.1. The molecule has 42 heavy (non-hydrogen) atoms. The number of amides is 1. The minimum atomic E-state index is -0.919. The molecule has 2 N–H and O–H groups in total. The molecule has 1 unspecified atom stereocenters. The highest BCUT2D eigenvalue weighted by atomic mass is 19.1. The smallest absolute Gasteiger partial charge is 0.286 e. The highest BCUT2D eigenvalue weighted by molar-refractivity contribution is 6.01. The van der Waals surface area contributed by atoms with E-state index < -0.39 is 11.7 Å². The number of nitrogens with zero attached hydrogens (tertiary/aromatic N) is 8. The topological polar surface area (TPSA) is 145 Å². The van der Waals surface area contributed by atoms with Crippen molar-refractivity contribution in [3.05, 3.63) is 66.8 Å². The molecular formula is C28H27FN10O3. The first kappa shape index (κ1) is 27.0. The number of aromatic nitrogens is 7. The summed E-state index contributed by atoms with van der Waals surface area (Å²) in [5.74, 6) is 0.116. The lowest BCUT2D eigenvalue weighted by Gasteiger charge is -2.16. The Morgan fingerprint density at radius 2 is 2.02 bits per heavy atom. The molecule has 1 aliphatic heterocycles. The molecule has 1 amide bonds. The van der Waals surface area contributed by atoms with E-state index in [1.54, 1.807) is 36.0 Å². The van der Waals surface area contributed by atoms with Crippen LogP contribution in [0.4, 0.5) is 21.8 Å². The normalized spacial score (nSPS) is 15.7. The van der Waals surface area contributed by atoms with Crippen molar-refractivity contribution in [2.75, 3.05) is 31.3 Å². The molecular weight excluding hydrogens is 543 g/mol. The maximum absolute atomic E-state index is 14.6. The summed E-state index contributed by atoms with van der Waals surface area (Å²) >= 11 is 0. The molecule has 13 nitrogen and oxygen atoms in total. The van der Waals surface area contributed by atoms with E-state index in [1.165, 1.54) is 24.9 Å². The van der Waals surface area contributed by atoms with Gasteiger partial charge >= 0.3 is 0 Å². The molecule has 0 radical (unpaired) electrons. The Kier molecular flexibility index (Phi) is 7.27. The number of hydrogen-bond acceptors (Lipinski definition) is 11. The molecule has 1 aromatic carbocycles. The third-order valence-electron chi connectivity index (χ3n) is 6.97. The fraction of sp³-hybridized carbons (Fsp3) is 0.250. The number of ether oxygens (including phenoxy) is 2. The number of hydrogen-bond donors (Lipinski definition) is 2. The van der Waals surface area contributed by atoms with Gasteiger partial charge in [-0.2, -0.15) is 5.10 Å². The second-order valence-corrected chi connectivity index (χ2v) is 9.78. The van der Waals surface area contributed by atoms with Crippen LogP contribution in [0.15, 0.2) is 61.2 Å². The second-order valence-electron chi connectivity index (χ2n) is 9.78. The van der Waals surface area contributed by atoms with E-state index in [4.69, 9.17) is 9.47 Å². The highest BCUT2D eigenvalue weighted by Gasteiger charge is 2.22. The molecule has 4 aromatic heterocycles. The third kappa shape index (κ3) is 5.51. The van der Waals surface area contributed by atoms with Crippen LogP contribution in [0, 0.1) is 6.92 Å². The number of nitrogens with one attached hydrogen (secondary N) is 2. The van der Waals surface area contributed by atoms with Crippen LogP contribution in [0.3, 0.4) is 0 Å². The number of rotatable bonds is 8. The van der Waals surface area contributed by atoms with Gasteiger partial charge in [0.2, 0.25) is 5.95 Å². The first-order chi connectivity index (χ1) is 20.4. The molecule has 5 heterocycles. The Morgan fingerprint density at radius 3 is 2.83 bits per heavy atom. The van der Waals surface area contributed by atoms with Crippen molar-refractivity contribution in [2.45, 2.75) is 25.8 Å². The van der Waals surface area contributed by atoms with Crippen LogP contribution in [-0.2, 0) is 4.79 Å². The van der Waals surface area contributed by atoms with Crippen molar-refractivity contribution in [2.24, 2.45) is 0 Å².